The van der Waals surface area contributed by atoms with Crippen LogP contribution < -0.4 is 15.5 Å². The molecule has 1 saturated heterocycles. The highest BCUT2D eigenvalue weighted by atomic mass is 32.1. The fourth-order valence-electron chi connectivity index (χ4n) is 3.62. The van der Waals surface area contributed by atoms with Crippen LogP contribution in [0.3, 0.4) is 0 Å². The summed E-state index contributed by atoms with van der Waals surface area (Å²) >= 11 is 1.83. The molecule has 1 aliphatic rings. The predicted molar refractivity (Wildman–Crippen MR) is 116 cm³/mol. The minimum absolute atomic E-state index is 0.415. The normalized spacial score (nSPS) is 17.2. The number of rotatable bonds is 6. The van der Waals surface area contributed by atoms with Crippen molar-refractivity contribution in [3.63, 3.8) is 0 Å². The Labute approximate surface area is 166 Å². The lowest BCUT2D eigenvalue weighted by Crippen LogP contribution is -2.49. The molecule has 6 heteroatoms. The van der Waals surface area contributed by atoms with E-state index in [1.807, 2.05) is 36.8 Å². The van der Waals surface area contributed by atoms with Crippen LogP contribution in [0.15, 0.2) is 47.0 Å². The third kappa shape index (κ3) is 5.45. The van der Waals surface area contributed by atoms with Gasteiger partial charge in [0.1, 0.15) is 0 Å². The largest absolute Gasteiger partial charge is 0.363 e. The number of aliphatic imine (C=N–C) groups is 1. The van der Waals surface area contributed by atoms with Crippen molar-refractivity contribution in [2.45, 2.75) is 38.6 Å². The summed E-state index contributed by atoms with van der Waals surface area (Å²) in [6.07, 6.45) is 6.07. The van der Waals surface area contributed by atoms with E-state index in [1.165, 1.54) is 10.6 Å². The first-order valence-electron chi connectivity index (χ1n) is 9.83. The zero-order valence-electron chi connectivity index (χ0n) is 16.6. The molecule has 0 aromatic carbocycles. The van der Waals surface area contributed by atoms with Gasteiger partial charge >= 0.3 is 0 Å². The molecule has 3 heterocycles. The molecule has 1 aliphatic heterocycles. The van der Waals surface area contributed by atoms with Crippen LogP contribution in [0.5, 0.6) is 0 Å². The first-order chi connectivity index (χ1) is 13.2. The maximum atomic E-state index is 4.44. The Balaban J connectivity index is 1.49. The van der Waals surface area contributed by atoms with Gasteiger partial charge in [0.2, 0.25) is 0 Å². The zero-order valence-corrected chi connectivity index (χ0v) is 17.4. The zero-order chi connectivity index (χ0) is 19.1. The van der Waals surface area contributed by atoms with Gasteiger partial charge in [-0.1, -0.05) is 19.9 Å². The second-order valence-electron chi connectivity index (χ2n) is 7.45. The van der Waals surface area contributed by atoms with E-state index in [2.05, 4.69) is 62.9 Å². The third-order valence-corrected chi connectivity index (χ3v) is 6.21. The average Bonchev–Trinajstić information content (AvgIpc) is 3.23. The average molecular weight is 386 g/mol. The monoisotopic (exact) mass is 385 g/mol. The molecule has 2 N–H and O–H groups in total. The Morgan fingerprint density at radius 1 is 1.30 bits per heavy atom. The van der Waals surface area contributed by atoms with Crippen molar-refractivity contribution in [1.82, 2.24) is 15.6 Å². The number of anilines is 1. The van der Waals surface area contributed by atoms with Crippen LogP contribution in [0.2, 0.25) is 0 Å². The molecule has 1 atom stereocenters. The lowest BCUT2D eigenvalue weighted by atomic mass is 9.89. The minimum Gasteiger partial charge on any atom is -0.363 e. The number of hydrogen-bond donors (Lipinski definition) is 2. The summed E-state index contributed by atoms with van der Waals surface area (Å²) in [4.78, 5) is 11.2. The summed E-state index contributed by atoms with van der Waals surface area (Å²) < 4.78 is 0. The Morgan fingerprint density at radius 3 is 2.70 bits per heavy atom. The molecule has 146 valence electrons. The highest BCUT2D eigenvalue weighted by Crippen LogP contribution is 2.25. The Morgan fingerprint density at radius 2 is 2.11 bits per heavy atom. The van der Waals surface area contributed by atoms with E-state index < -0.39 is 0 Å². The maximum absolute atomic E-state index is 4.44. The van der Waals surface area contributed by atoms with E-state index in [0.717, 1.165) is 38.4 Å². The lowest BCUT2D eigenvalue weighted by molar-refractivity contribution is 0.454. The second-order valence-corrected chi connectivity index (χ2v) is 8.37. The highest BCUT2D eigenvalue weighted by Gasteiger charge is 2.21. The van der Waals surface area contributed by atoms with Crippen LogP contribution in [-0.4, -0.2) is 43.7 Å². The van der Waals surface area contributed by atoms with Gasteiger partial charge in [-0.25, -0.2) is 0 Å². The quantitative estimate of drug-likeness (QED) is 0.588. The molecule has 0 saturated carbocycles. The third-order valence-electron chi connectivity index (χ3n) is 5.28. The van der Waals surface area contributed by atoms with Gasteiger partial charge < -0.3 is 15.5 Å². The first kappa shape index (κ1) is 19.7. The molecule has 0 amide bonds. The molecule has 1 unspecified atom stereocenters. The number of pyridine rings is 1. The molecule has 5 nitrogen and oxygen atoms in total. The molecule has 0 spiro atoms. The van der Waals surface area contributed by atoms with Gasteiger partial charge in [0.15, 0.2) is 5.96 Å². The summed E-state index contributed by atoms with van der Waals surface area (Å²) in [5.74, 6) is 1.85. The van der Waals surface area contributed by atoms with E-state index >= 15 is 0 Å². The summed E-state index contributed by atoms with van der Waals surface area (Å²) in [6, 6.07) is 8.99. The van der Waals surface area contributed by atoms with Gasteiger partial charge in [-0.05, 0) is 47.9 Å². The fraction of sp³-hybridized carbons (Fsp3) is 0.524. The number of piperidine rings is 1. The van der Waals surface area contributed by atoms with E-state index in [-0.39, 0.29) is 0 Å². The van der Waals surface area contributed by atoms with Crippen LogP contribution in [0.25, 0.3) is 0 Å². The van der Waals surface area contributed by atoms with Crippen molar-refractivity contribution in [2.75, 3.05) is 31.6 Å². The van der Waals surface area contributed by atoms with Crippen molar-refractivity contribution in [3.05, 3.63) is 47.6 Å². The summed E-state index contributed by atoms with van der Waals surface area (Å²) in [5, 5.41) is 10.7. The summed E-state index contributed by atoms with van der Waals surface area (Å²) in [7, 11) is 1.85. The molecule has 0 aliphatic carbocycles. The van der Waals surface area contributed by atoms with E-state index in [0.29, 0.717) is 17.9 Å². The standard InChI is InChI=1S/C21H31N5S/c1-16(2)19(17-6-4-10-23-14-17)15-24-21(22-3)25-18-8-11-26(12-9-18)20-7-5-13-27-20/h4-7,10,13-14,16,18-19H,8-9,11-12,15H2,1-3H3,(H2,22,24,25). The molecule has 2 aromatic rings. The van der Waals surface area contributed by atoms with Gasteiger partial charge in [-0.3, -0.25) is 9.98 Å². The van der Waals surface area contributed by atoms with Crippen molar-refractivity contribution in [1.29, 1.82) is 0 Å². The van der Waals surface area contributed by atoms with Crippen LogP contribution in [0.1, 0.15) is 38.2 Å². The maximum Gasteiger partial charge on any atom is 0.191 e. The van der Waals surface area contributed by atoms with E-state index in [1.54, 1.807) is 0 Å². The van der Waals surface area contributed by atoms with Gasteiger partial charge in [0, 0.05) is 51.0 Å². The number of thiophene rings is 1. The molecule has 1 fully saturated rings. The molecular weight excluding hydrogens is 354 g/mol. The summed E-state index contributed by atoms with van der Waals surface area (Å²) in [6.45, 7) is 7.57. The fourth-order valence-corrected chi connectivity index (χ4v) is 4.41. The topological polar surface area (TPSA) is 52.6 Å². The number of aromatic nitrogens is 1. The Kier molecular flexibility index (Phi) is 7.10. The van der Waals surface area contributed by atoms with Gasteiger partial charge in [0.25, 0.3) is 0 Å². The minimum atomic E-state index is 0.415. The van der Waals surface area contributed by atoms with Crippen molar-refractivity contribution >= 4 is 22.3 Å². The number of hydrogen-bond acceptors (Lipinski definition) is 4. The van der Waals surface area contributed by atoms with Crippen LogP contribution >= 0.6 is 11.3 Å². The van der Waals surface area contributed by atoms with Gasteiger partial charge in [0.05, 0.1) is 5.00 Å². The molecule has 2 aromatic heterocycles. The van der Waals surface area contributed by atoms with Crippen LogP contribution in [-0.2, 0) is 0 Å². The van der Waals surface area contributed by atoms with E-state index in [9.17, 15) is 0 Å². The SMILES string of the molecule is CN=C(NCC(c1cccnc1)C(C)C)NC1CCN(c2cccs2)CC1. The second kappa shape index (κ2) is 9.74. The van der Waals surface area contributed by atoms with Gasteiger partial charge in [-0.2, -0.15) is 0 Å². The Hall–Kier alpha value is -2.08. The smallest absolute Gasteiger partial charge is 0.191 e. The molecule has 0 radical (unpaired) electrons. The van der Waals surface area contributed by atoms with Crippen molar-refractivity contribution in [3.8, 4) is 0 Å². The van der Waals surface area contributed by atoms with Crippen molar-refractivity contribution in [2.24, 2.45) is 10.9 Å². The first-order valence-corrected chi connectivity index (χ1v) is 10.7. The molecular formula is C21H31N5S. The number of nitrogens with one attached hydrogen (secondary N) is 2. The number of guanidine groups is 1. The van der Waals surface area contributed by atoms with Crippen LogP contribution in [0.4, 0.5) is 5.00 Å². The predicted octanol–water partition coefficient (Wildman–Crippen LogP) is 3.72. The van der Waals surface area contributed by atoms with E-state index in [4.69, 9.17) is 0 Å². The summed E-state index contributed by atoms with van der Waals surface area (Å²) in [5.41, 5.74) is 1.28. The lowest BCUT2D eigenvalue weighted by Gasteiger charge is -2.34. The molecule has 27 heavy (non-hydrogen) atoms. The van der Waals surface area contributed by atoms with Crippen LogP contribution in [0, 0.1) is 5.92 Å². The Bertz CT molecular complexity index is 691. The highest BCUT2D eigenvalue weighted by molar-refractivity contribution is 7.14. The van der Waals surface area contributed by atoms with Crippen molar-refractivity contribution < 1.29 is 0 Å². The van der Waals surface area contributed by atoms with Gasteiger partial charge in [-0.15, -0.1) is 11.3 Å². The molecule has 0 bridgehead atoms. The molecule has 3 rings (SSSR count). The number of nitrogens with zero attached hydrogens (tertiary/aromatic N) is 3.